The summed E-state index contributed by atoms with van der Waals surface area (Å²) in [6.45, 7) is -2.42. The minimum absolute atomic E-state index is 0.0749. The first-order valence-corrected chi connectivity index (χ1v) is 8.72. The van der Waals surface area contributed by atoms with Gasteiger partial charge in [-0.3, -0.25) is 9.59 Å². The topological polar surface area (TPSA) is 106 Å². The van der Waals surface area contributed by atoms with Gasteiger partial charge in [0, 0.05) is 30.9 Å². The predicted octanol–water partition coefficient (Wildman–Crippen LogP) is 0.669. The number of hydrogen-bond donors (Lipinski definition) is 3. The molecule has 3 rings (SSSR count). The molecule has 0 aromatic heterocycles. The molecular formula is C17H22F2N4O4. The average Bonchev–Trinajstić information content (AvgIpc) is 3.45. The number of halogens is 2. The van der Waals surface area contributed by atoms with Gasteiger partial charge in [0.15, 0.2) is 5.75 Å². The van der Waals surface area contributed by atoms with Crippen molar-refractivity contribution in [3.8, 4) is 5.75 Å². The number of rotatable bonds is 8. The Morgan fingerprint density at radius 2 is 2.19 bits per heavy atom. The van der Waals surface area contributed by atoms with E-state index in [0.29, 0.717) is 18.8 Å². The number of anilines is 2. The number of amides is 2. The molecule has 1 atom stereocenters. The summed E-state index contributed by atoms with van der Waals surface area (Å²) in [5, 5.41) is 5.67. The van der Waals surface area contributed by atoms with Gasteiger partial charge < -0.3 is 30.7 Å². The SMILES string of the molecule is NC[C@@H](NC1CC1)C(=O)Nc1ccc(N2CCOCC2=O)cc1OC(F)F. The second kappa shape index (κ2) is 8.59. The fourth-order valence-electron chi connectivity index (χ4n) is 2.77. The molecule has 4 N–H and O–H groups in total. The second-order valence-corrected chi connectivity index (χ2v) is 6.38. The van der Waals surface area contributed by atoms with Crippen LogP contribution in [0.25, 0.3) is 0 Å². The van der Waals surface area contributed by atoms with Crippen molar-refractivity contribution in [2.75, 3.05) is 36.5 Å². The smallest absolute Gasteiger partial charge is 0.387 e. The Balaban J connectivity index is 1.78. The Bertz CT molecular complexity index is 700. The molecule has 0 bridgehead atoms. The van der Waals surface area contributed by atoms with E-state index in [1.165, 1.54) is 17.0 Å². The number of alkyl halides is 2. The summed E-state index contributed by atoms with van der Waals surface area (Å²) in [5.41, 5.74) is 6.10. The third-order valence-electron chi connectivity index (χ3n) is 4.30. The molecule has 1 saturated heterocycles. The molecule has 10 heteroatoms. The Hall–Kier alpha value is -2.30. The van der Waals surface area contributed by atoms with Crippen molar-refractivity contribution in [1.29, 1.82) is 0 Å². The molecule has 1 aliphatic heterocycles. The molecule has 1 saturated carbocycles. The molecule has 0 radical (unpaired) electrons. The van der Waals surface area contributed by atoms with E-state index in [1.54, 1.807) is 6.07 Å². The van der Waals surface area contributed by atoms with Gasteiger partial charge in [-0.05, 0) is 25.0 Å². The van der Waals surface area contributed by atoms with Crippen LogP contribution in [0.1, 0.15) is 12.8 Å². The molecule has 27 heavy (non-hydrogen) atoms. The summed E-state index contributed by atoms with van der Waals surface area (Å²) in [5.74, 6) is -0.936. The number of benzene rings is 1. The lowest BCUT2D eigenvalue weighted by Gasteiger charge is -2.27. The van der Waals surface area contributed by atoms with Crippen LogP contribution in [0.2, 0.25) is 0 Å². The van der Waals surface area contributed by atoms with E-state index in [-0.39, 0.29) is 36.5 Å². The number of hydrogen-bond acceptors (Lipinski definition) is 6. The zero-order valence-corrected chi connectivity index (χ0v) is 14.6. The zero-order chi connectivity index (χ0) is 19.4. The van der Waals surface area contributed by atoms with Crippen LogP contribution in [0, 0.1) is 0 Å². The van der Waals surface area contributed by atoms with Gasteiger partial charge in [0.05, 0.1) is 18.3 Å². The number of carbonyl (C=O) groups is 2. The van der Waals surface area contributed by atoms with E-state index >= 15 is 0 Å². The van der Waals surface area contributed by atoms with Crippen LogP contribution >= 0.6 is 0 Å². The molecule has 0 spiro atoms. The summed E-state index contributed by atoms with van der Waals surface area (Å²) in [7, 11) is 0. The molecule has 2 fully saturated rings. The van der Waals surface area contributed by atoms with E-state index in [4.69, 9.17) is 10.5 Å². The fraction of sp³-hybridized carbons (Fsp3) is 0.529. The van der Waals surface area contributed by atoms with Crippen molar-refractivity contribution < 1.29 is 27.8 Å². The number of nitrogens with two attached hydrogens (primary N) is 1. The number of nitrogens with zero attached hydrogens (tertiary/aromatic N) is 1. The molecule has 1 heterocycles. The molecule has 8 nitrogen and oxygen atoms in total. The maximum absolute atomic E-state index is 12.8. The maximum Gasteiger partial charge on any atom is 0.387 e. The highest BCUT2D eigenvalue weighted by Crippen LogP contribution is 2.32. The van der Waals surface area contributed by atoms with Crippen LogP contribution in [-0.2, 0) is 14.3 Å². The third-order valence-corrected chi connectivity index (χ3v) is 4.30. The van der Waals surface area contributed by atoms with Gasteiger partial charge in [-0.25, -0.2) is 0 Å². The van der Waals surface area contributed by atoms with Gasteiger partial charge in [-0.1, -0.05) is 0 Å². The lowest BCUT2D eigenvalue weighted by molar-refractivity contribution is -0.125. The first-order chi connectivity index (χ1) is 13.0. The van der Waals surface area contributed by atoms with E-state index in [9.17, 15) is 18.4 Å². The minimum atomic E-state index is -3.08. The number of morpholine rings is 1. The molecule has 0 unspecified atom stereocenters. The number of carbonyl (C=O) groups excluding carboxylic acids is 2. The van der Waals surface area contributed by atoms with Gasteiger partial charge >= 0.3 is 6.61 Å². The maximum atomic E-state index is 12.8. The Morgan fingerprint density at radius 1 is 1.41 bits per heavy atom. The summed E-state index contributed by atoms with van der Waals surface area (Å²) < 4.78 is 35.3. The number of nitrogens with one attached hydrogen (secondary N) is 2. The van der Waals surface area contributed by atoms with E-state index in [1.807, 2.05) is 0 Å². The van der Waals surface area contributed by atoms with Crippen LogP contribution < -0.4 is 26.0 Å². The van der Waals surface area contributed by atoms with E-state index in [2.05, 4.69) is 15.4 Å². The Labute approximate surface area is 155 Å². The summed E-state index contributed by atoms with van der Waals surface area (Å²) >= 11 is 0. The first-order valence-electron chi connectivity index (χ1n) is 8.72. The van der Waals surface area contributed by atoms with Gasteiger partial charge in [-0.2, -0.15) is 8.78 Å². The average molecular weight is 384 g/mol. The molecule has 2 amide bonds. The van der Waals surface area contributed by atoms with Crippen LogP contribution in [0.15, 0.2) is 18.2 Å². The van der Waals surface area contributed by atoms with Gasteiger partial charge in [-0.15, -0.1) is 0 Å². The monoisotopic (exact) mass is 384 g/mol. The number of ether oxygens (including phenoxy) is 2. The highest BCUT2D eigenvalue weighted by molar-refractivity contribution is 5.98. The van der Waals surface area contributed by atoms with Gasteiger partial charge in [0.25, 0.3) is 5.91 Å². The van der Waals surface area contributed by atoms with Gasteiger partial charge in [0.2, 0.25) is 5.91 Å². The van der Waals surface area contributed by atoms with Crippen molar-refractivity contribution in [2.45, 2.75) is 31.5 Å². The van der Waals surface area contributed by atoms with Gasteiger partial charge in [0.1, 0.15) is 6.61 Å². The van der Waals surface area contributed by atoms with E-state index in [0.717, 1.165) is 12.8 Å². The van der Waals surface area contributed by atoms with Crippen LogP contribution in [0.3, 0.4) is 0 Å². The van der Waals surface area contributed by atoms with E-state index < -0.39 is 18.6 Å². The summed E-state index contributed by atoms with van der Waals surface area (Å²) in [6.07, 6.45) is 1.96. The summed E-state index contributed by atoms with van der Waals surface area (Å²) in [6, 6.07) is 3.92. The lowest BCUT2D eigenvalue weighted by atomic mass is 10.2. The van der Waals surface area contributed by atoms with Crippen molar-refractivity contribution >= 4 is 23.2 Å². The molecule has 1 aliphatic carbocycles. The predicted molar refractivity (Wildman–Crippen MR) is 93.9 cm³/mol. The molecule has 1 aromatic rings. The fourth-order valence-corrected chi connectivity index (χ4v) is 2.77. The minimum Gasteiger partial charge on any atom is -0.433 e. The first kappa shape index (κ1) is 19.5. The molecule has 1 aromatic carbocycles. The Morgan fingerprint density at radius 3 is 2.81 bits per heavy atom. The highest BCUT2D eigenvalue weighted by Gasteiger charge is 2.28. The molecule has 2 aliphatic rings. The highest BCUT2D eigenvalue weighted by atomic mass is 19.3. The van der Waals surface area contributed by atoms with Crippen LogP contribution in [0.5, 0.6) is 5.75 Å². The lowest BCUT2D eigenvalue weighted by Crippen LogP contribution is -2.46. The van der Waals surface area contributed by atoms with Crippen molar-refractivity contribution in [2.24, 2.45) is 5.73 Å². The van der Waals surface area contributed by atoms with Crippen molar-refractivity contribution in [3.63, 3.8) is 0 Å². The largest absolute Gasteiger partial charge is 0.433 e. The molecule has 148 valence electrons. The van der Waals surface area contributed by atoms with Crippen molar-refractivity contribution in [3.05, 3.63) is 18.2 Å². The van der Waals surface area contributed by atoms with Crippen LogP contribution in [-0.4, -0.2) is 56.8 Å². The standard InChI is InChI=1S/C17H22F2N4O4/c18-17(19)27-14-7-11(23-5-6-26-9-15(23)24)3-4-12(14)22-16(25)13(8-20)21-10-1-2-10/h3-4,7,10,13,17,21H,1-2,5-6,8-9,20H2,(H,22,25)/t13-/m1/s1. The zero-order valence-electron chi connectivity index (χ0n) is 14.6. The quantitative estimate of drug-likeness (QED) is 0.608. The second-order valence-electron chi connectivity index (χ2n) is 6.38. The third kappa shape index (κ3) is 5.12. The summed E-state index contributed by atoms with van der Waals surface area (Å²) in [4.78, 5) is 25.8. The van der Waals surface area contributed by atoms with Crippen LogP contribution in [0.4, 0.5) is 20.2 Å². The van der Waals surface area contributed by atoms with Crippen molar-refractivity contribution in [1.82, 2.24) is 5.32 Å². The normalized spacial score (nSPS) is 18.5. The molecular weight excluding hydrogens is 362 g/mol. The Kier molecular flexibility index (Phi) is 6.19.